The van der Waals surface area contributed by atoms with E-state index in [1.54, 1.807) is 23.4 Å². The third kappa shape index (κ3) is 3.24. The number of fused-ring (bicyclic) bond motifs is 1. The van der Waals surface area contributed by atoms with Gasteiger partial charge < -0.3 is 10.6 Å². The van der Waals surface area contributed by atoms with Crippen molar-refractivity contribution in [2.45, 2.75) is 51.2 Å². The highest BCUT2D eigenvalue weighted by Crippen LogP contribution is 2.29. The first-order valence-electron chi connectivity index (χ1n) is 9.06. The molecule has 27 heavy (non-hydrogen) atoms. The van der Waals surface area contributed by atoms with Gasteiger partial charge in [0.2, 0.25) is 5.91 Å². The van der Waals surface area contributed by atoms with Gasteiger partial charge in [-0.3, -0.25) is 9.48 Å². The second-order valence-corrected chi connectivity index (χ2v) is 7.97. The number of anilines is 1. The fourth-order valence-electron chi connectivity index (χ4n) is 3.50. The molecular formula is C18H24N8O. The SMILES string of the molecule is Cn1cc([C@@H]2NC(=O)CC[C@H]2Nc2ncnc3c2cnn3C(C)(C)C)cn1. The summed E-state index contributed by atoms with van der Waals surface area (Å²) in [6, 6.07) is -0.161. The number of hydrogen-bond donors (Lipinski definition) is 2. The number of rotatable bonds is 3. The number of hydrogen-bond acceptors (Lipinski definition) is 6. The van der Waals surface area contributed by atoms with E-state index in [2.05, 4.69) is 51.6 Å². The van der Waals surface area contributed by atoms with E-state index in [1.807, 2.05) is 17.9 Å². The van der Waals surface area contributed by atoms with Crippen LogP contribution in [-0.2, 0) is 17.4 Å². The lowest BCUT2D eigenvalue weighted by Gasteiger charge is -2.32. The zero-order valence-corrected chi connectivity index (χ0v) is 16.0. The van der Waals surface area contributed by atoms with Crippen molar-refractivity contribution in [3.05, 3.63) is 30.5 Å². The molecule has 9 heteroatoms. The summed E-state index contributed by atoms with van der Waals surface area (Å²) in [5.41, 5.74) is 1.58. The summed E-state index contributed by atoms with van der Waals surface area (Å²) in [6.07, 6.45) is 8.25. The summed E-state index contributed by atoms with van der Waals surface area (Å²) in [5.74, 6) is 0.779. The Labute approximate surface area is 157 Å². The van der Waals surface area contributed by atoms with E-state index >= 15 is 0 Å². The molecule has 3 aromatic heterocycles. The first kappa shape index (κ1) is 17.4. The van der Waals surface area contributed by atoms with Crippen molar-refractivity contribution >= 4 is 22.8 Å². The maximum absolute atomic E-state index is 12.0. The van der Waals surface area contributed by atoms with Crippen molar-refractivity contribution in [2.75, 3.05) is 5.32 Å². The van der Waals surface area contributed by atoms with Crippen molar-refractivity contribution in [1.82, 2.24) is 34.8 Å². The molecule has 3 aromatic rings. The minimum atomic E-state index is -0.176. The van der Waals surface area contributed by atoms with Gasteiger partial charge in [-0.25, -0.2) is 14.6 Å². The number of aryl methyl sites for hydroxylation is 1. The Hall–Kier alpha value is -2.97. The molecule has 0 radical (unpaired) electrons. The molecule has 2 atom stereocenters. The average molecular weight is 368 g/mol. The van der Waals surface area contributed by atoms with Crippen LogP contribution in [-0.4, -0.2) is 41.5 Å². The molecule has 1 aliphatic heterocycles. The molecule has 4 rings (SSSR count). The van der Waals surface area contributed by atoms with Crippen molar-refractivity contribution in [1.29, 1.82) is 0 Å². The number of carbonyl (C=O) groups is 1. The van der Waals surface area contributed by atoms with Crippen LogP contribution in [0.3, 0.4) is 0 Å². The molecule has 1 amide bonds. The molecule has 142 valence electrons. The molecule has 0 bridgehead atoms. The van der Waals surface area contributed by atoms with E-state index in [0.717, 1.165) is 22.4 Å². The summed E-state index contributed by atoms with van der Waals surface area (Å²) in [4.78, 5) is 20.8. The van der Waals surface area contributed by atoms with Gasteiger partial charge in [0.05, 0.1) is 35.4 Å². The summed E-state index contributed by atoms with van der Waals surface area (Å²) in [6.45, 7) is 6.26. The number of aromatic nitrogens is 6. The van der Waals surface area contributed by atoms with E-state index in [4.69, 9.17) is 0 Å². The molecule has 1 fully saturated rings. The number of nitrogens with zero attached hydrogens (tertiary/aromatic N) is 6. The van der Waals surface area contributed by atoms with Crippen LogP contribution in [0, 0.1) is 0 Å². The monoisotopic (exact) mass is 368 g/mol. The van der Waals surface area contributed by atoms with Gasteiger partial charge in [0, 0.05) is 25.2 Å². The van der Waals surface area contributed by atoms with Gasteiger partial charge in [0.15, 0.2) is 5.65 Å². The van der Waals surface area contributed by atoms with Crippen LogP contribution in [0.5, 0.6) is 0 Å². The number of amides is 1. The molecule has 9 nitrogen and oxygen atoms in total. The molecule has 0 spiro atoms. The van der Waals surface area contributed by atoms with Crippen molar-refractivity contribution in [2.24, 2.45) is 7.05 Å². The van der Waals surface area contributed by atoms with Crippen molar-refractivity contribution in [3.8, 4) is 0 Å². The lowest BCUT2D eigenvalue weighted by atomic mass is 9.93. The smallest absolute Gasteiger partial charge is 0.220 e. The highest BCUT2D eigenvalue weighted by Gasteiger charge is 2.31. The largest absolute Gasteiger partial charge is 0.364 e. The lowest BCUT2D eigenvalue weighted by molar-refractivity contribution is -0.123. The Morgan fingerprint density at radius 1 is 1.22 bits per heavy atom. The van der Waals surface area contributed by atoms with Gasteiger partial charge in [-0.05, 0) is 27.2 Å². The van der Waals surface area contributed by atoms with Gasteiger partial charge in [0.25, 0.3) is 0 Å². The Bertz CT molecular complexity index is 983. The molecule has 0 unspecified atom stereocenters. The first-order chi connectivity index (χ1) is 12.8. The van der Waals surface area contributed by atoms with Crippen molar-refractivity contribution < 1.29 is 4.79 Å². The van der Waals surface area contributed by atoms with Crippen LogP contribution >= 0.6 is 0 Å². The normalized spacial score (nSPS) is 20.7. The zero-order chi connectivity index (χ0) is 19.2. The molecule has 4 heterocycles. The Morgan fingerprint density at radius 2 is 2.04 bits per heavy atom. The Kier molecular flexibility index (Phi) is 4.09. The van der Waals surface area contributed by atoms with E-state index in [9.17, 15) is 4.79 Å². The maximum Gasteiger partial charge on any atom is 0.220 e. The predicted octanol–water partition coefficient (Wildman–Crippen LogP) is 1.75. The second-order valence-electron chi connectivity index (χ2n) is 7.97. The molecule has 0 aliphatic carbocycles. The minimum absolute atomic E-state index is 0.00277. The molecule has 2 N–H and O–H groups in total. The zero-order valence-electron chi connectivity index (χ0n) is 16.0. The summed E-state index contributed by atoms with van der Waals surface area (Å²) in [7, 11) is 1.87. The highest BCUT2D eigenvalue weighted by atomic mass is 16.1. The minimum Gasteiger partial charge on any atom is -0.364 e. The van der Waals surface area contributed by atoms with E-state index < -0.39 is 0 Å². The summed E-state index contributed by atoms with van der Waals surface area (Å²) in [5, 5.41) is 16.2. The van der Waals surface area contributed by atoms with Crippen LogP contribution < -0.4 is 10.6 Å². The topological polar surface area (TPSA) is 103 Å². The summed E-state index contributed by atoms with van der Waals surface area (Å²) >= 11 is 0. The van der Waals surface area contributed by atoms with Crippen LogP contribution in [0.15, 0.2) is 24.9 Å². The second kappa shape index (κ2) is 6.33. The predicted molar refractivity (Wildman–Crippen MR) is 101 cm³/mol. The quantitative estimate of drug-likeness (QED) is 0.730. The average Bonchev–Trinajstić information content (AvgIpc) is 3.23. The third-order valence-electron chi connectivity index (χ3n) is 4.81. The van der Waals surface area contributed by atoms with Gasteiger partial charge in [-0.2, -0.15) is 10.2 Å². The highest BCUT2D eigenvalue weighted by molar-refractivity contribution is 5.86. The van der Waals surface area contributed by atoms with Gasteiger partial charge in [-0.15, -0.1) is 0 Å². The molecule has 1 saturated heterocycles. The Balaban J connectivity index is 1.68. The van der Waals surface area contributed by atoms with Crippen LogP contribution in [0.25, 0.3) is 11.0 Å². The number of carbonyl (C=O) groups excluding carboxylic acids is 1. The maximum atomic E-state index is 12.0. The van der Waals surface area contributed by atoms with Crippen molar-refractivity contribution in [3.63, 3.8) is 0 Å². The Morgan fingerprint density at radius 3 is 2.74 bits per heavy atom. The molecule has 0 saturated carbocycles. The first-order valence-corrected chi connectivity index (χ1v) is 9.06. The third-order valence-corrected chi connectivity index (χ3v) is 4.81. The van der Waals surface area contributed by atoms with Crippen LogP contribution in [0.1, 0.15) is 45.2 Å². The van der Waals surface area contributed by atoms with E-state index in [0.29, 0.717) is 12.8 Å². The van der Waals surface area contributed by atoms with Gasteiger partial charge in [-0.1, -0.05) is 0 Å². The molecule has 1 aliphatic rings. The van der Waals surface area contributed by atoms with E-state index in [1.165, 1.54) is 0 Å². The van der Waals surface area contributed by atoms with Gasteiger partial charge in [0.1, 0.15) is 12.1 Å². The van der Waals surface area contributed by atoms with Crippen LogP contribution in [0.2, 0.25) is 0 Å². The summed E-state index contributed by atoms with van der Waals surface area (Å²) < 4.78 is 3.64. The number of piperidine rings is 1. The fourth-order valence-corrected chi connectivity index (χ4v) is 3.50. The van der Waals surface area contributed by atoms with Crippen LogP contribution in [0.4, 0.5) is 5.82 Å². The standard InChI is InChI=1S/C18H24N8O/c1-18(2,3)26-17-12(8-22-26)16(19-10-20-17)23-13-5-6-14(27)24-15(13)11-7-21-25(4)9-11/h7-10,13,15H,5-6H2,1-4H3,(H,24,27)(H,19,20,23)/t13-,15+/m1/s1. The molecular weight excluding hydrogens is 344 g/mol. The number of nitrogens with one attached hydrogen (secondary N) is 2. The molecule has 0 aromatic carbocycles. The van der Waals surface area contributed by atoms with Gasteiger partial charge >= 0.3 is 0 Å². The van der Waals surface area contributed by atoms with E-state index in [-0.39, 0.29) is 23.5 Å². The lowest BCUT2D eigenvalue weighted by Crippen LogP contribution is -2.45. The fraction of sp³-hybridized carbons (Fsp3) is 0.500.